The van der Waals surface area contributed by atoms with Crippen molar-refractivity contribution in [2.75, 3.05) is 0 Å². The Bertz CT molecular complexity index is 305. The molecule has 1 heteroatoms. The lowest BCUT2D eigenvalue weighted by Gasteiger charge is -2.15. The molecule has 1 aromatic rings. The van der Waals surface area contributed by atoms with Gasteiger partial charge in [-0.2, -0.15) is 0 Å². The van der Waals surface area contributed by atoms with Crippen LogP contribution >= 0.6 is 11.3 Å². The topological polar surface area (TPSA) is 0 Å². The van der Waals surface area contributed by atoms with Crippen molar-refractivity contribution in [2.45, 2.75) is 26.7 Å². The van der Waals surface area contributed by atoms with Crippen LogP contribution in [0.5, 0.6) is 0 Å². The summed E-state index contributed by atoms with van der Waals surface area (Å²) in [6.45, 7) is 4.56. The minimum absolute atomic E-state index is 0.720. The van der Waals surface area contributed by atoms with Crippen LogP contribution in [0.1, 0.15) is 30.7 Å². The summed E-state index contributed by atoms with van der Waals surface area (Å²) in [7, 11) is 0. The van der Waals surface area contributed by atoms with E-state index in [0.29, 0.717) is 0 Å². The van der Waals surface area contributed by atoms with Gasteiger partial charge in [0.1, 0.15) is 0 Å². The zero-order chi connectivity index (χ0) is 8.55. The molecule has 0 aromatic carbocycles. The summed E-state index contributed by atoms with van der Waals surface area (Å²) >= 11 is 1.89. The highest BCUT2D eigenvalue weighted by Crippen LogP contribution is 2.30. The number of aryl methyl sites for hydroxylation is 1. The van der Waals surface area contributed by atoms with Gasteiger partial charge in [-0.25, -0.2) is 0 Å². The molecule has 0 spiro atoms. The molecule has 1 aromatic heterocycles. The molecule has 0 saturated carbocycles. The van der Waals surface area contributed by atoms with Gasteiger partial charge in [0.05, 0.1) is 0 Å². The Morgan fingerprint density at radius 1 is 1.33 bits per heavy atom. The molecule has 0 saturated heterocycles. The molecule has 0 N–H and O–H groups in total. The molecule has 0 atom stereocenters. The summed E-state index contributed by atoms with van der Waals surface area (Å²) in [6, 6.07) is 2.24. The highest BCUT2D eigenvalue weighted by molar-refractivity contribution is 7.10. The van der Waals surface area contributed by atoms with Crippen molar-refractivity contribution in [3.05, 3.63) is 27.5 Å². The zero-order valence-electron chi connectivity index (χ0n) is 7.63. The first-order chi connectivity index (χ1) is 5.77. The molecule has 0 fully saturated rings. The van der Waals surface area contributed by atoms with Gasteiger partial charge < -0.3 is 0 Å². The predicted octanol–water partition coefficient (Wildman–Crippen LogP) is 3.73. The van der Waals surface area contributed by atoms with Gasteiger partial charge in [0, 0.05) is 4.88 Å². The van der Waals surface area contributed by atoms with E-state index in [4.69, 9.17) is 0 Å². The molecular weight excluding hydrogens is 164 g/mol. The van der Waals surface area contributed by atoms with Gasteiger partial charge in [-0.1, -0.05) is 25.5 Å². The fourth-order valence-corrected chi connectivity index (χ4v) is 2.53. The molecular formula is C11H14S. The third-order valence-corrected chi connectivity index (χ3v) is 3.50. The van der Waals surface area contributed by atoms with Crippen molar-refractivity contribution >= 4 is 17.4 Å². The summed E-state index contributed by atoms with van der Waals surface area (Å²) in [5, 5.41) is 2.20. The maximum absolute atomic E-state index is 2.38. The first kappa shape index (κ1) is 8.06. The first-order valence-electron chi connectivity index (χ1n) is 4.54. The smallest absolute Gasteiger partial charge is 0.0121 e. The molecule has 64 valence electrons. The molecule has 0 amide bonds. The van der Waals surface area contributed by atoms with E-state index in [1.54, 1.807) is 10.5 Å². The summed E-state index contributed by atoms with van der Waals surface area (Å²) < 4.78 is 0. The van der Waals surface area contributed by atoms with Crippen molar-refractivity contribution in [1.29, 1.82) is 0 Å². The zero-order valence-corrected chi connectivity index (χ0v) is 8.45. The number of rotatable bonds is 1. The number of hydrogen-bond donors (Lipinski definition) is 0. The van der Waals surface area contributed by atoms with E-state index in [0.717, 1.165) is 5.92 Å². The van der Waals surface area contributed by atoms with Gasteiger partial charge in [0.25, 0.3) is 0 Å². The van der Waals surface area contributed by atoms with E-state index < -0.39 is 0 Å². The van der Waals surface area contributed by atoms with Crippen LogP contribution in [0.3, 0.4) is 0 Å². The second kappa shape index (κ2) is 3.06. The molecule has 2 rings (SSSR count). The Kier molecular flexibility index (Phi) is 2.05. The summed E-state index contributed by atoms with van der Waals surface area (Å²) in [6.07, 6.45) is 4.90. The Balaban J connectivity index is 2.35. The predicted molar refractivity (Wildman–Crippen MR) is 55.5 cm³/mol. The molecule has 0 aliphatic heterocycles. The third kappa shape index (κ3) is 1.34. The second-order valence-corrected chi connectivity index (χ2v) is 4.67. The van der Waals surface area contributed by atoms with Crippen molar-refractivity contribution < 1.29 is 0 Å². The van der Waals surface area contributed by atoms with Gasteiger partial charge in [0.2, 0.25) is 0 Å². The Morgan fingerprint density at radius 3 is 2.92 bits per heavy atom. The third-order valence-electron chi connectivity index (χ3n) is 2.50. The van der Waals surface area contributed by atoms with Crippen LogP contribution in [0.2, 0.25) is 0 Å². The van der Waals surface area contributed by atoms with E-state index >= 15 is 0 Å². The fourth-order valence-electron chi connectivity index (χ4n) is 1.67. The Hall–Kier alpha value is -0.560. The lowest BCUT2D eigenvalue weighted by atomic mass is 9.91. The first-order valence-corrected chi connectivity index (χ1v) is 5.42. The van der Waals surface area contributed by atoms with Gasteiger partial charge in [-0.3, -0.25) is 0 Å². The normalized spacial score (nSPS) is 16.1. The largest absolute Gasteiger partial charge is 0.148 e. The molecule has 1 aliphatic carbocycles. The molecule has 1 heterocycles. The van der Waals surface area contributed by atoms with Gasteiger partial charge in [-0.15, -0.1) is 11.3 Å². The number of allylic oxidation sites excluding steroid dienone is 1. The van der Waals surface area contributed by atoms with Gasteiger partial charge in [-0.05, 0) is 35.8 Å². The minimum Gasteiger partial charge on any atom is -0.148 e. The quantitative estimate of drug-likeness (QED) is 0.614. The maximum atomic E-state index is 2.38. The lowest BCUT2D eigenvalue weighted by Crippen LogP contribution is -2.00. The van der Waals surface area contributed by atoms with Crippen LogP contribution in [0.25, 0.3) is 6.08 Å². The maximum Gasteiger partial charge on any atom is 0.0121 e. The SMILES string of the molecule is CC(C)C1=Cc2ccsc2CC1. The van der Waals surface area contributed by atoms with Crippen molar-refractivity contribution in [3.8, 4) is 0 Å². The molecule has 0 nitrogen and oxygen atoms in total. The molecule has 1 aliphatic rings. The van der Waals surface area contributed by atoms with E-state index in [9.17, 15) is 0 Å². The monoisotopic (exact) mass is 178 g/mol. The summed E-state index contributed by atoms with van der Waals surface area (Å²) in [5.41, 5.74) is 3.08. The van der Waals surface area contributed by atoms with E-state index in [-0.39, 0.29) is 0 Å². The van der Waals surface area contributed by atoms with E-state index in [1.807, 2.05) is 11.3 Å². The highest BCUT2D eigenvalue weighted by Gasteiger charge is 2.12. The number of thiophene rings is 1. The van der Waals surface area contributed by atoms with Crippen LogP contribution in [0.15, 0.2) is 17.0 Å². The molecule has 0 bridgehead atoms. The van der Waals surface area contributed by atoms with Crippen molar-refractivity contribution in [1.82, 2.24) is 0 Å². The second-order valence-electron chi connectivity index (χ2n) is 3.67. The average Bonchev–Trinajstić information content (AvgIpc) is 2.49. The number of hydrogen-bond acceptors (Lipinski definition) is 1. The van der Waals surface area contributed by atoms with Crippen LogP contribution in [-0.2, 0) is 6.42 Å². The highest BCUT2D eigenvalue weighted by atomic mass is 32.1. The van der Waals surface area contributed by atoms with Crippen LogP contribution in [0.4, 0.5) is 0 Å². The fraction of sp³-hybridized carbons (Fsp3) is 0.455. The molecule has 12 heavy (non-hydrogen) atoms. The van der Waals surface area contributed by atoms with Crippen LogP contribution in [0, 0.1) is 5.92 Å². The van der Waals surface area contributed by atoms with E-state index in [1.165, 1.54) is 18.4 Å². The summed E-state index contributed by atoms with van der Waals surface area (Å²) in [5.74, 6) is 0.720. The van der Waals surface area contributed by atoms with Crippen molar-refractivity contribution in [3.63, 3.8) is 0 Å². The lowest BCUT2D eigenvalue weighted by molar-refractivity contribution is 0.713. The van der Waals surface area contributed by atoms with Crippen LogP contribution in [-0.4, -0.2) is 0 Å². The summed E-state index contributed by atoms with van der Waals surface area (Å²) in [4.78, 5) is 1.57. The Morgan fingerprint density at radius 2 is 2.17 bits per heavy atom. The van der Waals surface area contributed by atoms with Gasteiger partial charge >= 0.3 is 0 Å². The molecule has 0 unspecified atom stereocenters. The van der Waals surface area contributed by atoms with Gasteiger partial charge in [0.15, 0.2) is 0 Å². The number of fused-ring (bicyclic) bond motifs is 1. The minimum atomic E-state index is 0.720. The van der Waals surface area contributed by atoms with Crippen molar-refractivity contribution in [2.24, 2.45) is 5.92 Å². The molecule has 0 radical (unpaired) electrons. The average molecular weight is 178 g/mol. The van der Waals surface area contributed by atoms with E-state index in [2.05, 4.69) is 31.4 Å². The Labute approximate surface area is 77.9 Å². The standard InChI is InChI=1S/C11H14S/c1-8(2)9-3-4-11-10(7-9)5-6-12-11/h5-8H,3-4H2,1-2H3. The van der Waals surface area contributed by atoms with Crippen LogP contribution < -0.4 is 0 Å².